The van der Waals surface area contributed by atoms with Gasteiger partial charge < -0.3 is 10.6 Å². The van der Waals surface area contributed by atoms with Gasteiger partial charge in [0.2, 0.25) is 0 Å². The molecule has 0 aliphatic carbocycles. The number of hydrogen-bond donors (Lipinski definition) is 2. The zero-order valence-corrected chi connectivity index (χ0v) is 13.3. The van der Waals surface area contributed by atoms with Crippen LogP contribution in [0.1, 0.15) is 4.88 Å². The highest BCUT2D eigenvalue weighted by Crippen LogP contribution is 2.18. The number of rotatable bonds is 4. The van der Waals surface area contributed by atoms with E-state index in [-0.39, 0.29) is 0 Å². The van der Waals surface area contributed by atoms with Crippen molar-refractivity contribution in [3.05, 3.63) is 44.3 Å². The molecule has 0 amide bonds. The Morgan fingerprint density at radius 3 is 2.89 bits per heavy atom. The molecule has 0 saturated heterocycles. The fourth-order valence-electron chi connectivity index (χ4n) is 1.38. The number of aromatic nitrogens is 1. The number of halogens is 1. The van der Waals surface area contributed by atoms with Gasteiger partial charge in [-0.15, -0.1) is 11.3 Å². The molecule has 0 unspecified atom stereocenters. The molecule has 0 aliphatic heterocycles. The summed E-state index contributed by atoms with van der Waals surface area (Å²) in [5, 5.41) is 6.83. The molecule has 0 fully saturated rings. The van der Waals surface area contributed by atoms with Crippen molar-refractivity contribution < 1.29 is 0 Å². The van der Waals surface area contributed by atoms with E-state index in [1.54, 1.807) is 6.20 Å². The summed E-state index contributed by atoms with van der Waals surface area (Å²) in [5.41, 5.74) is 0. The molecule has 0 aliphatic rings. The van der Waals surface area contributed by atoms with Gasteiger partial charge in [-0.05, 0) is 65.5 Å². The van der Waals surface area contributed by atoms with Crippen LogP contribution in [0.15, 0.2) is 36.5 Å². The Bertz CT molecular complexity index is 513. The molecule has 0 radical (unpaired) electrons. The van der Waals surface area contributed by atoms with Crippen molar-refractivity contribution in [3.8, 4) is 0 Å². The summed E-state index contributed by atoms with van der Waals surface area (Å²) in [6.45, 7) is 0.829. The third-order valence-electron chi connectivity index (χ3n) is 2.19. The zero-order valence-electron chi connectivity index (χ0n) is 9.52. The van der Waals surface area contributed by atoms with Crippen molar-refractivity contribution in [2.24, 2.45) is 0 Å². The van der Waals surface area contributed by atoms with E-state index >= 15 is 0 Å². The van der Waals surface area contributed by atoms with Crippen LogP contribution in [0.3, 0.4) is 0 Å². The molecular weight excluding hydrogens is 377 g/mol. The van der Waals surface area contributed by atoms with Gasteiger partial charge in [-0.1, -0.05) is 6.07 Å². The highest BCUT2D eigenvalue weighted by molar-refractivity contribution is 14.1. The van der Waals surface area contributed by atoms with E-state index in [2.05, 4.69) is 50.3 Å². The quantitative estimate of drug-likeness (QED) is 0.622. The second kappa shape index (κ2) is 7.01. The largest absolute Gasteiger partial charge is 0.362 e. The number of nitrogens with one attached hydrogen (secondary N) is 2. The molecule has 0 bridgehead atoms. The van der Waals surface area contributed by atoms with Gasteiger partial charge in [0.15, 0.2) is 5.11 Å². The van der Waals surface area contributed by atoms with Crippen LogP contribution in [0.2, 0.25) is 0 Å². The van der Waals surface area contributed by atoms with E-state index < -0.39 is 0 Å². The lowest BCUT2D eigenvalue weighted by atomic mass is 10.3. The average Bonchev–Trinajstić information content (AvgIpc) is 2.76. The molecule has 2 N–H and O–H groups in total. The second-order valence-corrected chi connectivity index (χ2v) is 7.02. The normalized spacial score (nSPS) is 10.1. The lowest BCUT2D eigenvalue weighted by Gasteiger charge is -2.08. The van der Waals surface area contributed by atoms with Gasteiger partial charge in [0.1, 0.15) is 5.82 Å². The first-order chi connectivity index (χ1) is 8.74. The van der Waals surface area contributed by atoms with Crippen LogP contribution >= 0.6 is 46.1 Å². The van der Waals surface area contributed by atoms with Gasteiger partial charge in [-0.25, -0.2) is 4.98 Å². The van der Waals surface area contributed by atoms with Crippen molar-refractivity contribution in [1.29, 1.82) is 0 Å². The number of anilines is 1. The second-order valence-electron chi connectivity index (χ2n) is 3.55. The van der Waals surface area contributed by atoms with Gasteiger partial charge in [0.25, 0.3) is 0 Å². The smallest absolute Gasteiger partial charge is 0.171 e. The first-order valence-corrected chi connectivity index (χ1v) is 7.74. The zero-order chi connectivity index (χ0) is 12.8. The molecule has 6 heteroatoms. The Labute approximate surface area is 129 Å². The van der Waals surface area contributed by atoms with Gasteiger partial charge in [-0.2, -0.15) is 0 Å². The molecule has 2 aromatic rings. The highest BCUT2D eigenvalue weighted by atomic mass is 127. The maximum atomic E-state index is 5.20. The maximum absolute atomic E-state index is 5.20. The minimum Gasteiger partial charge on any atom is -0.362 e. The van der Waals surface area contributed by atoms with Crippen molar-refractivity contribution >= 4 is 57.1 Å². The average molecular weight is 389 g/mol. The Kier molecular flexibility index (Phi) is 5.33. The summed E-state index contributed by atoms with van der Waals surface area (Å²) >= 11 is 9.34. The molecule has 2 heterocycles. The Balaban J connectivity index is 1.72. The Morgan fingerprint density at radius 1 is 1.33 bits per heavy atom. The van der Waals surface area contributed by atoms with E-state index in [1.165, 1.54) is 7.76 Å². The van der Waals surface area contributed by atoms with Gasteiger partial charge in [-0.3, -0.25) is 0 Å². The van der Waals surface area contributed by atoms with Gasteiger partial charge >= 0.3 is 0 Å². The molecule has 94 valence electrons. The number of pyridine rings is 1. The highest BCUT2D eigenvalue weighted by Gasteiger charge is 2.00. The van der Waals surface area contributed by atoms with Crippen LogP contribution in [-0.2, 0) is 6.42 Å². The van der Waals surface area contributed by atoms with Crippen molar-refractivity contribution in [2.45, 2.75) is 6.42 Å². The number of hydrogen-bond acceptors (Lipinski definition) is 3. The molecule has 0 saturated carbocycles. The molecule has 2 aromatic heterocycles. The van der Waals surface area contributed by atoms with Crippen molar-refractivity contribution in [3.63, 3.8) is 0 Å². The van der Waals surface area contributed by atoms with E-state index in [1.807, 2.05) is 29.5 Å². The monoisotopic (exact) mass is 389 g/mol. The van der Waals surface area contributed by atoms with Gasteiger partial charge in [0, 0.05) is 17.6 Å². The van der Waals surface area contributed by atoms with E-state index in [0.717, 1.165) is 18.8 Å². The molecule has 0 spiro atoms. The van der Waals surface area contributed by atoms with E-state index in [0.29, 0.717) is 5.11 Å². The summed E-state index contributed by atoms with van der Waals surface area (Å²) < 4.78 is 1.32. The summed E-state index contributed by atoms with van der Waals surface area (Å²) in [5.74, 6) is 0.765. The fraction of sp³-hybridized carbons (Fsp3) is 0.167. The molecule has 18 heavy (non-hydrogen) atoms. The minimum absolute atomic E-state index is 0.611. The van der Waals surface area contributed by atoms with Crippen LogP contribution in [-0.4, -0.2) is 16.6 Å². The predicted octanol–water partition coefficient (Wildman–Crippen LogP) is 3.28. The Hall–Kier alpha value is -0.730. The molecule has 0 atom stereocenters. The SMILES string of the molecule is S=C(NCCc1ccc(I)s1)Nc1ccccn1. The van der Waals surface area contributed by atoms with Crippen LogP contribution < -0.4 is 10.6 Å². The lowest BCUT2D eigenvalue weighted by molar-refractivity contribution is 0.884. The minimum atomic E-state index is 0.611. The lowest BCUT2D eigenvalue weighted by Crippen LogP contribution is -2.30. The standard InChI is InChI=1S/C12H12IN3S2/c13-10-5-4-9(18-10)6-8-15-12(17)16-11-3-1-2-7-14-11/h1-5,7H,6,8H2,(H2,14,15,16,17). The molecule has 3 nitrogen and oxygen atoms in total. The van der Waals surface area contributed by atoms with Crippen molar-refractivity contribution in [2.75, 3.05) is 11.9 Å². The van der Waals surface area contributed by atoms with Crippen LogP contribution in [0.25, 0.3) is 0 Å². The maximum Gasteiger partial charge on any atom is 0.171 e. The summed E-state index contributed by atoms with van der Waals surface area (Å²) in [7, 11) is 0. The first-order valence-electron chi connectivity index (χ1n) is 5.44. The van der Waals surface area contributed by atoms with E-state index in [4.69, 9.17) is 12.2 Å². The number of nitrogens with zero attached hydrogens (tertiary/aromatic N) is 1. The number of thiocarbonyl (C=S) groups is 1. The van der Waals surface area contributed by atoms with Gasteiger partial charge in [0.05, 0.1) is 2.88 Å². The van der Waals surface area contributed by atoms with Crippen LogP contribution in [0.4, 0.5) is 5.82 Å². The third kappa shape index (κ3) is 4.51. The van der Waals surface area contributed by atoms with E-state index in [9.17, 15) is 0 Å². The van der Waals surface area contributed by atoms with Crippen molar-refractivity contribution in [1.82, 2.24) is 10.3 Å². The summed E-state index contributed by atoms with van der Waals surface area (Å²) in [6.07, 6.45) is 2.72. The topological polar surface area (TPSA) is 37.0 Å². The third-order valence-corrected chi connectivity index (χ3v) is 4.39. The molecular formula is C12H12IN3S2. The fourth-order valence-corrected chi connectivity index (χ4v) is 3.34. The first kappa shape index (κ1) is 13.7. The summed E-state index contributed by atoms with van der Waals surface area (Å²) in [6, 6.07) is 9.97. The molecule has 0 aromatic carbocycles. The van der Waals surface area contributed by atoms with Crippen LogP contribution in [0.5, 0.6) is 0 Å². The van der Waals surface area contributed by atoms with Crippen LogP contribution in [0, 0.1) is 2.88 Å². The number of thiophene rings is 1. The summed E-state index contributed by atoms with van der Waals surface area (Å²) in [4.78, 5) is 5.52. The molecule has 2 rings (SSSR count). The predicted molar refractivity (Wildman–Crippen MR) is 89.2 cm³/mol. The Morgan fingerprint density at radius 2 is 2.22 bits per heavy atom.